The Hall–Kier alpha value is -3.65. The fourth-order valence-corrected chi connectivity index (χ4v) is 5.33. The van der Waals surface area contributed by atoms with Gasteiger partial charge in [-0.3, -0.25) is 0 Å². The van der Waals surface area contributed by atoms with Crippen molar-refractivity contribution in [2.75, 3.05) is 0 Å². The molecule has 0 unspecified atom stereocenters. The summed E-state index contributed by atoms with van der Waals surface area (Å²) in [4.78, 5) is 25.1. The van der Waals surface area contributed by atoms with E-state index in [1.54, 1.807) is 37.3 Å². The van der Waals surface area contributed by atoms with Crippen molar-refractivity contribution in [3.05, 3.63) is 117 Å². The molecule has 0 amide bonds. The first-order valence-electron chi connectivity index (χ1n) is 11.0. The van der Waals surface area contributed by atoms with Crippen LogP contribution < -0.4 is 9.47 Å². The van der Waals surface area contributed by atoms with Crippen molar-refractivity contribution < 1.29 is 27.5 Å². The molecular weight excluding hydrogens is 535 g/mol. The van der Waals surface area contributed by atoms with Gasteiger partial charge in [-0.1, -0.05) is 53.5 Å². The lowest BCUT2D eigenvalue weighted by atomic mass is 10.1. The van der Waals surface area contributed by atoms with Gasteiger partial charge < -0.3 is 9.47 Å². The molecule has 9 heteroatoms. The molecule has 4 rings (SSSR count). The van der Waals surface area contributed by atoms with Crippen LogP contribution in [0.15, 0.2) is 94.7 Å². The van der Waals surface area contributed by atoms with E-state index in [1.165, 1.54) is 48.5 Å². The molecule has 0 saturated carbocycles. The van der Waals surface area contributed by atoms with Gasteiger partial charge in [0.15, 0.2) is 5.75 Å². The van der Waals surface area contributed by atoms with Gasteiger partial charge in [-0.15, -0.1) is 0 Å². The summed E-state index contributed by atoms with van der Waals surface area (Å²) in [5.74, 6) is -1.95. The first-order valence-corrected chi connectivity index (χ1v) is 13.2. The maximum Gasteiger partial charge on any atom is 0.345 e. The SMILES string of the molecule is Cc1ccc(S(=O)(=O)c2cc(OC(=O)c3ccccc3Cl)ccc2OC(=O)c2ccccc2Cl)cc1C. The fraction of sp³-hybridized carbons (Fsp3) is 0.0714. The molecule has 0 radical (unpaired) electrons. The fourth-order valence-electron chi connectivity index (χ4n) is 3.42. The van der Waals surface area contributed by atoms with Crippen LogP contribution in [0, 0.1) is 13.8 Å². The number of carbonyl (C=O) groups excluding carboxylic acids is 2. The monoisotopic (exact) mass is 554 g/mol. The number of ether oxygens (including phenoxy) is 2. The normalized spacial score (nSPS) is 11.1. The van der Waals surface area contributed by atoms with E-state index in [1.807, 2.05) is 6.92 Å². The number of hydrogen-bond acceptors (Lipinski definition) is 6. The topological polar surface area (TPSA) is 86.7 Å². The molecule has 4 aromatic rings. The Morgan fingerprint density at radius 1 is 0.676 bits per heavy atom. The molecule has 6 nitrogen and oxygen atoms in total. The van der Waals surface area contributed by atoms with Gasteiger partial charge >= 0.3 is 11.9 Å². The Labute approximate surface area is 224 Å². The second kappa shape index (κ2) is 10.8. The summed E-state index contributed by atoms with van der Waals surface area (Å²) < 4.78 is 38.3. The Balaban J connectivity index is 1.78. The molecule has 0 atom stereocenters. The van der Waals surface area contributed by atoms with Gasteiger partial charge in [0.2, 0.25) is 9.84 Å². The number of halogens is 2. The first-order chi connectivity index (χ1) is 17.6. The Kier molecular flexibility index (Phi) is 7.68. The lowest BCUT2D eigenvalue weighted by Gasteiger charge is -2.14. The van der Waals surface area contributed by atoms with E-state index in [9.17, 15) is 18.0 Å². The third-order valence-corrected chi connectivity index (χ3v) is 8.03. The molecular formula is C28H20Cl2O6S. The van der Waals surface area contributed by atoms with Gasteiger partial charge in [0, 0.05) is 6.07 Å². The minimum atomic E-state index is -4.21. The number of sulfone groups is 1. The second-order valence-corrected chi connectivity index (χ2v) is 10.8. The van der Waals surface area contributed by atoms with Gasteiger partial charge in [-0.05, 0) is 73.5 Å². The van der Waals surface area contributed by atoms with Crippen LogP contribution in [0.5, 0.6) is 11.5 Å². The van der Waals surface area contributed by atoms with Crippen molar-refractivity contribution in [1.82, 2.24) is 0 Å². The van der Waals surface area contributed by atoms with E-state index in [4.69, 9.17) is 32.7 Å². The number of benzene rings is 4. The number of carbonyl (C=O) groups is 2. The Bertz CT molecular complexity index is 1630. The molecule has 0 bridgehead atoms. The smallest absolute Gasteiger partial charge is 0.345 e. The van der Waals surface area contributed by atoms with Crippen molar-refractivity contribution in [1.29, 1.82) is 0 Å². The molecule has 0 N–H and O–H groups in total. The predicted molar refractivity (Wildman–Crippen MR) is 141 cm³/mol. The maximum absolute atomic E-state index is 13.7. The van der Waals surface area contributed by atoms with Gasteiger partial charge in [0.05, 0.1) is 26.1 Å². The molecule has 0 aliphatic heterocycles. The van der Waals surface area contributed by atoms with Crippen molar-refractivity contribution in [3.8, 4) is 11.5 Å². The van der Waals surface area contributed by atoms with Gasteiger partial charge in [-0.2, -0.15) is 0 Å². The first kappa shape index (κ1) is 26.4. The van der Waals surface area contributed by atoms with Crippen molar-refractivity contribution >= 4 is 45.0 Å². The van der Waals surface area contributed by atoms with Crippen LogP contribution in [0.2, 0.25) is 10.0 Å². The maximum atomic E-state index is 13.7. The molecule has 0 saturated heterocycles. The molecule has 4 aromatic carbocycles. The molecule has 0 fully saturated rings. The highest BCUT2D eigenvalue weighted by molar-refractivity contribution is 7.91. The third kappa shape index (κ3) is 5.69. The van der Waals surface area contributed by atoms with Crippen LogP contribution >= 0.6 is 23.2 Å². The van der Waals surface area contributed by atoms with E-state index < -0.39 is 21.8 Å². The quantitative estimate of drug-likeness (QED) is 0.190. The van der Waals surface area contributed by atoms with Crippen LogP contribution in [0.1, 0.15) is 31.8 Å². The summed E-state index contributed by atoms with van der Waals surface area (Å²) in [5.41, 5.74) is 1.84. The summed E-state index contributed by atoms with van der Waals surface area (Å²) in [5, 5.41) is 0.331. The zero-order valence-electron chi connectivity index (χ0n) is 19.7. The molecule has 188 valence electrons. The zero-order chi connectivity index (χ0) is 26.7. The van der Waals surface area contributed by atoms with E-state index in [-0.39, 0.29) is 42.5 Å². The highest BCUT2D eigenvalue weighted by atomic mass is 35.5. The third-order valence-electron chi connectivity index (χ3n) is 5.59. The van der Waals surface area contributed by atoms with Gasteiger partial charge in [0.1, 0.15) is 10.6 Å². The van der Waals surface area contributed by atoms with Crippen LogP contribution in [0.25, 0.3) is 0 Å². The average molecular weight is 555 g/mol. The average Bonchev–Trinajstić information content (AvgIpc) is 2.86. The molecule has 0 aliphatic rings. The summed E-state index contributed by atoms with van der Waals surface area (Å²) in [6.45, 7) is 3.64. The van der Waals surface area contributed by atoms with Gasteiger partial charge in [0.25, 0.3) is 0 Å². The summed E-state index contributed by atoms with van der Waals surface area (Å²) in [6.07, 6.45) is 0. The number of esters is 2. The molecule has 37 heavy (non-hydrogen) atoms. The minimum absolute atomic E-state index is 0.0137. The lowest BCUT2D eigenvalue weighted by Crippen LogP contribution is -2.14. The van der Waals surface area contributed by atoms with E-state index in [2.05, 4.69) is 0 Å². The van der Waals surface area contributed by atoms with E-state index >= 15 is 0 Å². The standard InChI is InChI=1S/C28H20Cl2O6S/c1-17-11-13-20(15-18(17)2)37(33,34)26-16-19(35-27(31)21-7-3-5-9-23(21)29)12-14-25(26)36-28(32)22-8-4-6-10-24(22)30/h3-16H,1-2H3. The number of hydrogen-bond donors (Lipinski definition) is 0. The molecule has 0 spiro atoms. The van der Waals surface area contributed by atoms with Crippen LogP contribution in [0.3, 0.4) is 0 Å². The van der Waals surface area contributed by atoms with Crippen LogP contribution in [0.4, 0.5) is 0 Å². The highest BCUT2D eigenvalue weighted by Gasteiger charge is 2.27. The summed E-state index contributed by atoms with van der Waals surface area (Å²) in [7, 11) is -4.21. The van der Waals surface area contributed by atoms with Crippen molar-refractivity contribution in [2.24, 2.45) is 0 Å². The van der Waals surface area contributed by atoms with Gasteiger partial charge in [-0.25, -0.2) is 18.0 Å². The lowest BCUT2D eigenvalue weighted by molar-refractivity contribution is 0.0715. The largest absolute Gasteiger partial charge is 0.423 e. The van der Waals surface area contributed by atoms with E-state index in [0.29, 0.717) is 0 Å². The number of rotatable bonds is 6. The Morgan fingerprint density at radius 2 is 1.24 bits per heavy atom. The summed E-state index contributed by atoms with van der Waals surface area (Å²) >= 11 is 12.2. The Morgan fingerprint density at radius 3 is 1.81 bits per heavy atom. The zero-order valence-corrected chi connectivity index (χ0v) is 22.0. The van der Waals surface area contributed by atoms with Crippen molar-refractivity contribution in [3.63, 3.8) is 0 Å². The molecule has 0 aromatic heterocycles. The molecule has 0 aliphatic carbocycles. The van der Waals surface area contributed by atoms with Crippen LogP contribution in [-0.2, 0) is 9.84 Å². The summed E-state index contributed by atoms with van der Waals surface area (Å²) in [6, 6.07) is 20.9. The van der Waals surface area contributed by atoms with E-state index in [0.717, 1.165) is 17.2 Å². The number of aryl methyl sites for hydroxylation is 2. The van der Waals surface area contributed by atoms with Crippen LogP contribution in [-0.4, -0.2) is 20.4 Å². The second-order valence-electron chi connectivity index (χ2n) is 8.10. The van der Waals surface area contributed by atoms with Crippen molar-refractivity contribution in [2.45, 2.75) is 23.6 Å². The highest BCUT2D eigenvalue weighted by Crippen LogP contribution is 2.35. The predicted octanol–water partition coefficient (Wildman–Crippen LogP) is 6.88. The minimum Gasteiger partial charge on any atom is -0.423 e. The molecule has 0 heterocycles.